The van der Waals surface area contributed by atoms with Gasteiger partial charge in [-0.15, -0.1) is 0 Å². The normalized spacial score (nSPS) is 22.8. The SMILES string of the molecule is CC(C)CC[C@@]1(C)NC(=O)N(CC(=O)OCC(=O)N[C@@H]2CCCc3ccccc32)C1=O. The maximum absolute atomic E-state index is 12.7. The van der Waals surface area contributed by atoms with Gasteiger partial charge in [-0.3, -0.25) is 19.3 Å². The van der Waals surface area contributed by atoms with Gasteiger partial charge in [0.1, 0.15) is 12.1 Å². The van der Waals surface area contributed by atoms with Crippen molar-refractivity contribution in [2.75, 3.05) is 13.2 Å². The third-order valence-corrected chi connectivity index (χ3v) is 5.92. The molecule has 31 heavy (non-hydrogen) atoms. The van der Waals surface area contributed by atoms with Gasteiger partial charge in [0.25, 0.3) is 11.8 Å². The minimum absolute atomic E-state index is 0.108. The van der Waals surface area contributed by atoms with E-state index >= 15 is 0 Å². The highest BCUT2D eigenvalue weighted by Gasteiger charge is 2.48. The Bertz CT molecular complexity index is 869. The van der Waals surface area contributed by atoms with Crippen molar-refractivity contribution in [1.29, 1.82) is 0 Å². The Morgan fingerprint density at radius 3 is 2.77 bits per heavy atom. The Hall–Kier alpha value is -2.90. The molecule has 1 saturated heterocycles. The van der Waals surface area contributed by atoms with Gasteiger partial charge in [-0.1, -0.05) is 38.1 Å². The number of hydrogen-bond acceptors (Lipinski definition) is 5. The molecule has 1 aliphatic carbocycles. The van der Waals surface area contributed by atoms with Crippen molar-refractivity contribution in [2.45, 2.75) is 64.5 Å². The standard InChI is InChI=1S/C23H31N3O5/c1-15(2)11-12-23(3)21(29)26(22(30)25-23)13-20(28)31-14-19(27)24-18-10-6-8-16-7-4-5-9-17(16)18/h4-5,7,9,15,18H,6,8,10-14H2,1-3H3,(H,24,27)(H,25,30)/t18-,23-/m1/s1. The number of benzene rings is 1. The first-order chi connectivity index (χ1) is 14.7. The lowest BCUT2D eigenvalue weighted by atomic mass is 9.88. The van der Waals surface area contributed by atoms with Crippen LogP contribution in [0.15, 0.2) is 24.3 Å². The fraction of sp³-hybridized carbons (Fsp3) is 0.565. The van der Waals surface area contributed by atoms with E-state index in [1.807, 2.05) is 32.0 Å². The lowest BCUT2D eigenvalue weighted by Gasteiger charge is -2.26. The molecule has 1 aliphatic heterocycles. The van der Waals surface area contributed by atoms with Crippen molar-refractivity contribution in [3.63, 3.8) is 0 Å². The van der Waals surface area contributed by atoms with E-state index in [1.54, 1.807) is 6.92 Å². The van der Waals surface area contributed by atoms with E-state index in [2.05, 4.69) is 16.7 Å². The van der Waals surface area contributed by atoms with Crippen molar-refractivity contribution in [3.8, 4) is 0 Å². The number of hydrogen-bond donors (Lipinski definition) is 2. The number of rotatable bonds is 8. The third-order valence-electron chi connectivity index (χ3n) is 5.92. The van der Waals surface area contributed by atoms with E-state index in [4.69, 9.17) is 4.74 Å². The number of imide groups is 1. The lowest BCUT2D eigenvalue weighted by molar-refractivity contribution is -0.151. The van der Waals surface area contributed by atoms with Gasteiger partial charge >= 0.3 is 12.0 Å². The van der Waals surface area contributed by atoms with Gasteiger partial charge in [0.2, 0.25) is 0 Å². The summed E-state index contributed by atoms with van der Waals surface area (Å²) in [6.07, 6.45) is 4.05. The zero-order chi connectivity index (χ0) is 22.6. The Kier molecular flexibility index (Phi) is 6.97. The molecule has 168 valence electrons. The lowest BCUT2D eigenvalue weighted by Crippen LogP contribution is -2.44. The second-order valence-corrected chi connectivity index (χ2v) is 8.96. The molecule has 2 N–H and O–H groups in total. The summed E-state index contributed by atoms with van der Waals surface area (Å²) >= 11 is 0. The minimum Gasteiger partial charge on any atom is -0.454 e. The largest absolute Gasteiger partial charge is 0.454 e. The fourth-order valence-corrected chi connectivity index (χ4v) is 4.10. The summed E-state index contributed by atoms with van der Waals surface area (Å²) < 4.78 is 5.03. The molecule has 1 aromatic rings. The van der Waals surface area contributed by atoms with Crippen molar-refractivity contribution in [3.05, 3.63) is 35.4 Å². The number of urea groups is 1. The van der Waals surface area contributed by atoms with E-state index in [-0.39, 0.29) is 6.04 Å². The van der Waals surface area contributed by atoms with Crippen LogP contribution in [0.5, 0.6) is 0 Å². The van der Waals surface area contributed by atoms with Crippen LogP contribution in [0.25, 0.3) is 0 Å². The Labute approximate surface area is 182 Å². The van der Waals surface area contributed by atoms with Gasteiger partial charge in [0.05, 0.1) is 6.04 Å². The van der Waals surface area contributed by atoms with Gasteiger partial charge < -0.3 is 15.4 Å². The third kappa shape index (κ3) is 5.42. The van der Waals surface area contributed by atoms with Crippen LogP contribution in [-0.4, -0.2) is 47.4 Å². The monoisotopic (exact) mass is 429 g/mol. The van der Waals surface area contributed by atoms with E-state index in [0.717, 1.165) is 36.1 Å². The van der Waals surface area contributed by atoms with Crippen molar-refractivity contribution >= 4 is 23.8 Å². The molecule has 1 aromatic carbocycles. The molecular weight excluding hydrogens is 398 g/mol. The number of nitrogens with one attached hydrogen (secondary N) is 2. The van der Waals surface area contributed by atoms with Crippen LogP contribution >= 0.6 is 0 Å². The molecule has 8 heteroatoms. The number of ether oxygens (including phenoxy) is 1. The predicted octanol–water partition coefficient (Wildman–Crippen LogP) is 2.47. The van der Waals surface area contributed by atoms with Crippen LogP contribution in [0.3, 0.4) is 0 Å². The van der Waals surface area contributed by atoms with Crippen LogP contribution in [-0.2, 0) is 25.5 Å². The summed E-state index contributed by atoms with van der Waals surface area (Å²) in [5, 5.41) is 5.58. The molecule has 1 fully saturated rings. The molecule has 0 aromatic heterocycles. The predicted molar refractivity (Wildman–Crippen MR) is 114 cm³/mol. The second-order valence-electron chi connectivity index (χ2n) is 8.96. The highest BCUT2D eigenvalue weighted by Crippen LogP contribution is 2.29. The number of fused-ring (bicyclic) bond motifs is 1. The van der Waals surface area contributed by atoms with Gasteiger partial charge in [-0.25, -0.2) is 4.79 Å². The Morgan fingerprint density at radius 1 is 1.29 bits per heavy atom. The first-order valence-electron chi connectivity index (χ1n) is 10.9. The zero-order valence-corrected chi connectivity index (χ0v) is 18.4. The molecule has 2 atom stereocenters. The van der Waals surface area contributed by atoms with Gasteiger partial charge in [-0.05, 0) is 56.1 Å². The number of esters is 1. The topological polar surface area (TPSA) is 105 Å². The summed E-state index contributed by atoms with van der Waals surface area (Å²) in [6, 6.07) is 7.26. The fourth-order valence-electron chi connectivity index (χ4n) is 4.10. The van der Waals surface area contributed by atoms with Gasteiger partial charge in [0, 0.05) is 0 Å². The average molecular weight is 430 g/mol. The molecule has 0 radical (unpaired) electrons. The summed E-state index contributed by atoms with van der Waals surface area (Å²) in [7, 11) is 0. The highest BCUT2D eigenvalue weighted by atomic mass is 16.5. The zero-order valence-electron chi connectivity index (χ0n) is 18.4. The smallest absolute Gasteiger partial charge is 0.326 e. The number of carbonyl (C=O) groups is 4. The van der Waals surface area contributed by atoms with Crippen molar-refractivity contribution in [2.24, 2.45) is 5.92 Å². The summed E-state index contributed by atoms with van der Waals surface area (Å²) in [5.74, 6) is -1.27. The molecule has 1 heterocycles. The summed E-state index contributed by atoms with van der Waals surface area (Å²) in [4.78, 5) is 50.2. The maximum atomic E-state index is 12.7. The number of carbonyl (C=O) groups excluding carboxylic acids is 4. The Morgan fingerprint density at radius 2 is 2.03 bits per heavy atom. The van der Waals surface area contributed by atoms with E-state index in [0.29, 0.717) is 12.3 Å². The molecule has 2 aliphatic rings. The number of amides is 4. The molecular formula is C23H31N3O5. The minimum atomic E-state index is -1.02. The first-order valence-corrected chi connectivity index (χ1v) is 10.9. The quantitative estimate of drug-likeness (QED) is 0.488. The molecule has 0 saturated carbocycles. The summed E-state index contributed by atoms with van der Waals surface area (Å²) in [6.45, 7) is 4.77. The summed E-state index contributed by atoms with van der Waals surface area (Å²) in [5.41, 5.74) is 1.29. The maximum Gasteiger partial charge on any atom is 0.326 e. The van der Waals surface area contributed by atoms with Gasteiger partial charge in [-0.2, -0.15) is 0 Å². The van der Waals surface area contributed by atoms with E-state index in [1.165, 1.54) is 5.56 Å². The molecule has 0 unspecified atom stereocenters. The van der Waals surface area contributed by atoms with Crippen LogP contribution in [0.1, 0.15) is 63.6 Å². The van der Waals surface area contributed by atoms with Crippen LogP contribution in [0.4, 0.5) is 4.79 Å². The molecule has 3 rings (SSSR count). The van der Waals surface area contributed by atoms with Crippen LogP contribution in [0.2, 0.25) is 0 Å². The van der Waals surface area contributed by atoms with Gasteiger partial charge in [0.15, 0.2) is 6.61 Å². The van der Waals surface area contributed by atoms with Crippen LogP contribution in [0, 0.1) is 5.92 Å². The molecule has 0 spiro atoms. The van der Waals surface area contributed by atoms with Crippen molar-refractivity contribution in [1.82, 2.24) is 15.5 Å². The Balaban J connectivity index is 1.49. The van der Waals surface area contributed by atoms with E-state index in [9.17, 15) is 19.2 Å². The first kappa shape index (κ1) is 22.8. The van der Waals surface area contributed by atoms with E-state index < -0.39 is 42.5 Å². The number of aryl methyl sites for hydroxylation is 1. The van der Waals surface area contributed by atoms with Crippen molar-refractivity contribution < 1.29 is 23.9 Å². The number of nitrogens with zero attached hydrogens (tertiary/aromatic N) is 1. The average Bonchev–Trinajstić information content (AvgIpc) is 2.94. The van der Waals surface area contributed by atoms with Crippen LogP contribution < -0.4 is 10.6 Å². The molecule has 4 amide bonds. The highest BCUT2D eigenvalue weighted by molar-refractivity contribution is 6.08. The molecule has 0 bridgehead atoms. The second kappa shape index (κ2) is 9.49. The molecule has 8 nitrogen and oxygen atoms in total.